The lowest BCUT2D eigenvalue weighted by Crippen LogP contribution is -2.52. The van der Waals surface area contributed by atoms with Crippen LogP contribution >= 0.6 is 0 Å². The van der Waals surface area contributed by atoms with Crippen LogP contribution in [-0.2, 0) is 21.0 Å². The van der Waals surface area contributed by atoms with Crippen molar-refractivity contribution in [3.8, 4) is 22.4 Å². The first kappa shape index (κ1) is 31.5. The van der Waals surface area contributed by atoms with E-state index in [9.17, 15) is 9.59 Å². The highest BCUT2D eigenvalue weighted by atomic mass is 16.2. The van der Waals surface area contributed by atoms with Gasteiger partial charge in [-0.1, -0.05) is 65.8 Å². The lowest BCUT2D eigenvalue weighted by atomic mass is 9.79. The average molecular weight is 594 g/mol. The third-order valence-corrected chi connectivity index (χ3v) is 9.06. The standard InChI is InChI=1S/C37H47N5O2/c1-35(2,3)27-18-25(19-28(20-27)36(4,5)6)24-10-13-32-39-31(23-42(32)22-24)30-21-26(11-12-29(30)33(38)43)37(7,8)34(44)41-16-14-40(9)15-17-41/h10-13,18-23H,14-17H2,1-9H3,(H2,38,43). The van der Waals surface area contributed by atoms with Gasteiger partial charge >= 0.3 is 0 Å². The largest absolute Gasteiger partial charge is 0.366 e. The van der Waals surface area contributed by atoms with Crippen molar-refractivity contribution in [3.05, 3.63) is 83.2 Å². The van der Waals surface area contributed by atoms with Gasteiger partial charge in [0, 0.05) is 49.7 Å². The van der Waals surface area contributed by atoms with Gasteiger partial charge in [-0.3, -0.25) is 9.59 Å². The molecule has 44 heavy (non-hydrogen) atoms. The third-order valence-electron chi connectivity index (χ3n) is 9.06. The van der Waals surface area contributed by atoms with E-state index in [4.69, 9.17) is 10.7 Å². The summed E-state index contributed by atoms with van der Waals surface area (Å²) in [5, 5.41) is 0. The van der Waals surface area contributed by atoms with Crippen LogP contribution in [0.25, 0.3) is 28.0 Å². The number of nitrogens with zero attached hydrogens (tertiary/aromatic N) is 4. The van der Waals surface area contributed by atoms with Gasteiger partial charge in [0.05, 0.1) is 11.1 Å². The zero-order valence-corrected chi connectivity index (χ0v) is 27.8. The molecule has 1 saturated heterocycles. The highest BCUT2D eigenvalue weighted by Gasteiger charge is 2.35. The minimum Gasteiger partial charge on any atom is -0.366 e. The van der Waals surface area contributed by atoms with Gasteiger partial charge in [0.25, 0.3) is 0 Å². The summed E-state index contributed by atoms with van der Waals surface area (Å²) >= 11 is 0. The fraction of sp³-hybridized carbons (Fsp3) is 0.432. The van der Waals surface area contributed by atoms with Gasteiger partial charge in [0.15, 0.2) is 0 Å². The molecule has 7 heteroatoms. The summed E-state index contributed by atoms with van der Waals surface area (Å²) in [6.45, 7) is 20.5. The van der Waals surface area contributed by atoms with Gasteiger partial charge in [-0.2, -0.15) is 0 Å². The molecule has 0 radical (unpaired) electrons. The number of rotatable bonds is 5. The number of hydrogen-bond donors (Lipinski definition) is 1. The van der Waals surface area contributed by atoms with Gasteiger partial charge in [0.1, 0.15) is 5.65 Å². The lowest BCUT2D eigenvalue weighted by Gasteiger charge is -2.37. The molecule has 0 bridgehead atoms. The molecule has 0 spiro atoms. The van der Waals surface area contributed by atoms with Crippen LogP contribution in [0.2, 0.25) is 0 Å². The number of primary amides is 1. The van der Waals surface area contributed by atoms with E-state index in [1.807, 2.05) is 47.5 Å². The predicted molar refractivity (Wildman–Crippen MR) is 179 cm³/mol. The molecule has 2 aromatic heterocycles. The topological polar surface area (TPSA) is 83.9 Å². The molecule has 0 aliphatic carbocycles. The minimum absolute atomic E-state index is 0.0119. The summed E-state index contributed by atoms with van der Waals surface area (Å²) in [6, 6.07) is 16.5. The molecule has 1 fully saturated rings. The summed E-state index contributed by atoms with van der Waals surface area (Å²) in [5.74, 6) is -0.448. The molecule has 7 nitrogen and oxygen atoms in total. The maximum Gasteiger partial charge on any atom is 0.249 e. The summed E-state index contributed by atoms with van der Waals surface area (Å²) in [7, 11) is 2.08. The molecule has 1 aliphatic heterocycles. The molecule has 2 amide bonds. The van der Waals surface area contributed by atoms with Crippen molar-refractivity contribution in [3.63, 3.8) is 0 Å². The van der Waals surface area contributed by atoms with Crippen molar-refractivity contribution in [2.45, 2.75) is 71.6 Å². The van der Waals surface area contributed by atoms with Crippen molar-refractivity contribution >= 4 is 17.5 Å². The predicted octanol–water partition coefficient (Wildman–Crippen LogP) is 6.41. The van der Waals surface area contributed by atoms with Crippen LogP contribution < -0.4 is 5.73 Å². The maximum atomic E-state index is 13.7. The molecule has 2 N–H and O–H groups in total. The second kappa shape index (κ2) is 11.2. The van der Waals surface area contributed by atoms with E-state index >= 15 is 0 Å². The van der Waals surface area contributed by atoms with Crippen LogP contribution in [0.5, 0.6) is 0 Å². The number of amides is 2. The van der Waals surface area contributed by atoms with Gasteiger partial charge < -0.3 is 19.9 Å². The molecule has 232 valence electrons. The van der Waals surface area contributed by atoms with Crippen LogP contribution in [-0.4, -0.2) is 64.2 Å². The Morgan fingerprint density at radius 1 is 0.727 bits per heavy atom. The van der Waals surface area contributed by atoms with Crippen LogP contribution in [0.4, 0.5) is 0 Å². The zero-order valence-electron chi connectivity index (χ0n) is 27.8. The van der Waals surface area contributed by atoms with E-state index in [0.29, 0.717) is 29.9 Å². The van der Waals surface area contributed by atoms with E-state index in [1.165, 1.54) is 11.1 Å². The summed E-state index contributed by atoms with van der Waals surface area (Å²) < 4.78 is 2.00. The average Bonchev–Trinajstić information content (AvgIpc) is 3.39. The molecule has 0 saturated carbocycles. The quantitative estimate of drug-likeness (QED) is 0.290. The summed E-state index contributed by atoms with van der Waals surface area (Å²) in [4.78, 5) is 35.3. The molecular formula is C37H47N5O2. The fourth-order valence-electron chi connectivity index (χ4n) is 5.84. The molecule has 4 aromatic rings. The molecule has 0 unspecified atom stereocenters. The monoisotopic (exact) mass is 593 g/mol. The number of benzene rings is 2. The van der Waals surface area contributed by atoms with E-state index in [2.05, 4.69) is 84.0 Å². The van der Waals surface area contributed by atoms with Crippen LogP contribution in [0.15, 0.2) is 60.9 Å². The lowest BCUT2D eigenvalue weighted by molar-refractivity contribution is -0.137. The summed E-state index contributed by atoms with van der Waals surface area (Å²) in [5.41, 5.74) is 13.2. The van der Waals surface area contributed by atoms with Crippen molar-refractivity contribution in [2.24, 2.45) is 5.73 Å². The smallest absolute Gasteiger partial charge is 0.249 e. The van der Waals surface area contributed by atoms with Gasteiger partial charge in [-0.15, -0.1) is 0 Å². The van der Waals surface area contributed by atoms with Crippen LogP contribution in [0, 0.1) is 0 Å². The molecular weight excluding hydrogens is 546 g/mol. The Morgan fingerprint density at radius 3 is 1.91 bits per heavy atom. The first-order valence-corrected chi connectivity index (χ1v) is 15.5. The highest BCUT2D eigenvalue weighted by Crippen LogP contribution is 2.35. The molecule has 2 aromatic carbocycles. The number of piperazine rings is 1. The second-order valence-electron chi connectivity index (χ2n) is 15.0. The Balaban J connectivity index is 1.56. The molecule has 3 heterocycles. The molecule has 5 rings (SSSR count). The van der Waals surface area contributed by atoms with Crippen molar-refractivity contribution in [1.29, 1.82) is 0 Å². The number of likely N-dealkylation sites (N-methyl/N-ethyl adjacent to an activating group) is 1. The first-order chi connectivity index (χ1) is 20.4. The Labute approximate surface area is 262 Å². The Kier molecular flexibility index (Phi) is 8.00. The van der Waals surface area contributed by atoms with E-state index < -0.39 is 11.3 Å². The zero-order chi connectivity index (χ0) is 32.2. The van der Waals surface area contributed by atoms with E-state index in [-0.39, 0.29) is 16.7 Å². The number of imidazole rings is 1. The number of fused-ring (bicyclic) bond motifs is 1. The van der Waals surface area contributed by atoms with Crippen LogP contribution in [0.1, 0.15) is 82.4 Å². The van der Waals surface area contributed by atoms with Gasteiger partial charge in [0.2, 0.25) is 11.8 Å². The first-order valence-electron chi connectivity index (χ1n) is 15.5. The number of hydrogen-bond acceptors (Lipinski definition) is 4. The van der Waals surface area contributed by atoms with E-state index in [1.54, 1.807) is 6.07 Å². The Morgan fingerprint density at radius 2 is 1.34 bits per heavy atom. The second-order valence-corrected chi connectivity index (χ2v) is 15.0. The number of pyridine rings is 1. The summed E-state index contributed by atoms with van der Waals surface area (Å²) in [6.07, 6.45) is 4.03. The Bertz CT molecular complexity index is 1690. The normalized spacial score (nSPS) is 15.2. The van der Waals surface area contributed by atoms with Crippen molar-refractivity contribution in [2.75, 3.05) is 33.2 Å². The van der Waals surface area contributed by atoms with Gasteiger partial charge in [-0.05, 0) is 83.8 Å². The van der Waals surface area contributed by atoms with Crippen molar-refractivity contribution in [1.82, 2.24) is 19.2 Å². The van der Waals surface area contributed by atoms with Crippen LogP contribution in [0.3, 0.4) is 0 Å². The van der Waals surface area contributed by atoms with E-state index in [0.717, 1.165) is 35.4 Å². The number of carbonyl (C=O) groups excluding carboxylic acids is 2. The number of nitrogens with two attached hydrogens (primary N) is 1. The number of carbonyl (C=O) groups is 2. The maximum absolute atomic E-state index is 13.7. The SMILES string of the molecule is CN1CCN(C(=O)C(C)(C)c2ccc(C(N)=O)c(-c3cn4cc(-c5cc(C(C)(C)C)cc(C(C)(C)C)c5)ccc4n3)c2)CC1. The molecule has 0 atom stereocenters. The number of aromatic nitrogens is 2. The third kappa shape index (κ3) is 6.16. The van der Waals surface area contributed by atoms with Crippen molar-refractivity contribution < 1.29 is 9.59 Å². The minimum atomic E-state index is -0.782. The van der Waals surface area contributed by atoms with Gasteiger partial charge in [-0.25, -0.2) is 4.98 Å². The highest BCUT2D eigenvalue weighted by molar-refractivity contribution is 6.00. The Hall–Kier alpha value is -3.97. The molecule has 1 aliphatic rings. The fourth-order valence-corrected chi connectivity index (χ4v) is 5.84.